The Labute approximate surface area is 150 Å². The number of rotatable bonds is 4. The molecule has 2 aromatic rings. The Morgan fingerprint density at radius 1 is 1.04 bits per heavy atom. The van der Waals surface area contributed by atoms with Crippen molar-refractivity contribution in [3.8, 4) is 0 Å². The average Bonchev–Trinajstić information content (AvgIpc) is 3.09. The van der Waals surface area contributed by atoms with Gasteiger partial charge in [0, 0.05) is 32.4 Å². The lowest BCUT2D eigenvalue weighted by atomic mass is 10.2. The Morgan fingerprint density at radius 3 is 2.24 bits per heavy atom. The Hall–Kier alpha value is -1.49. The van der Waals surface area contributed by atoms with Crippen molar-refractivity contribution in [1.29, 1.82) is 0 Å². The van der Waals surface area contributed by atoms with Crippen LogP contribution in [-0.4, -0.2) is 53.6 Å². The minimum Gasteiger partial charge on any atom is -0.367 e. The first-order valence-corrected chi connectivity index (χ1v) is 11.7. The molecule has 1 aliphatic rings. The van der Waals surface area contributed by atoms with Crippen LogP contribution in [0.15, 0.2) is 44.8 Å². The van der Waals surface area contributed by atoms with E-state index in [2.05, 4.69) is 0 Å². The van der Waals surface area contributed by atoms with Crippen molar-refractivity contribution >= 4 is 36.9 Å². The van der Waals surface area contributed by atoms with Crippen molar-refractivity contribution in [3.63, 3.8) is 0 Å². The lowest BCUT2D eigenvalue weighted by molar-refractivity contribution is 0.384. The van der Waals surface area contributed by atoms with E-state index in [4.69, 9.17) is 0 Å². The van der Waals surface area contributed by atoms with Crippen molar-refractivity contribution < 1.29 is 21.2 Å². The number of hydrogen-bond donors (Lipinski definition) is 0. The van der Waals surface area contributed by atoms with E-state index in [1.807, 2.05) is 0 Å². The number of sulfone groups is 1. The Balaban J connectivity index is 1.75. The Bertz CT molecular complexity index is 964. The van der Waals surface area contributed by atoms with E-state index in [0.29, 0.717) is 17.3 Å². The molecule has 3 rings (SSSR count). The summed E-state index contributed by atoms with van der Waals surface area (Å²) in [4.78, 5) is 1.65. The fourth-order valence-electron chi connectivity index (χ4n) is 2.68. The van der Waals surface area contributed by atoms with E-state index in [1.54, 1.807) is 22.4 Å². The number of piperazine rings is 1. The molecule has 0 radical (unpaired) electrons. The lowest BCUT2D eigenvalue weighted by Crippen LogP contribution is -2.48. The first kappa shape index (κ1) is 18.3. The fourth-order valence-corrected chi connectivity index (χ4v) is 5.88. The Morgan fingerprint density at radius 2 is 1.72 bits per heavy atom. The van der Waals surface area contributed by atoms with E-state index in [-0.39, 0.29) is 23.7 Å². The van der Waals surface area contributed by atoms with Gasteiger partial charge in [-0.15, -0.1) is 11.3 Å². The van der Waals surface area contributed by atoms with Crippen molar-refractivity contribution in [2.75, 3.05) is 37.3 Å². The third-order valence-electron chi connectivity index (χ3n) is 4.02. The first-order valence-electron chi connectivity index (χ1n) is 7.48. The maximum absolute atomic E-state index is 14.3. The summed E-state index contributed by atoms with van der Waals surface area (Å²) in [7, 11) is -6.98. The number of benzene rings is 1. The highest BCUT2D eigenvalue weighted by molar-refractivity contribution is 7.91. The van der Waals surface area contributed by atoms with Crippen LogP contribution in [0.2, 0.25) is 0 Å². The van der Waals surface area contributed by atoms with Crippen LogP contribution in [0.1, 0.15) is 0 Å². The molecule has 2 heterocycles. The fraction of sp³-hybridized carbons (Fsp3) is 0.333. The van der Waals surface area contributed by atoms with Crippen molar-refractivity contribution in [2.45, 2.75) is 9.10 Å². The zero-order chi connectivity index (χ0) is 18.2. The average molecular weight is 405 g/mol. The molecule has 1 saturated heterocycles. The van der Waals surface area contributed by atoms with Gasteiger partial charge in [0.2, 0.25) is 0 Å². The highest BCUT2D eigenvalue weighted by Gasteiger charge is 2.30. The van der Waals surface area contributed by atoms with Gasteiger partial charge in [0.1, 0.15) is 10.0 Å². The molecule has 0 amide bonds. The topological polar surface area (TPSA) is 74.8 Å². The third kappa shape index (κ3) is 3.71. The quantitative estimate of drug-likeness (QED) is 0.777. The predicted molar refractivity (Wildman–Crippen MR) is 94.8 cm³/mol. The van der Waals surface area contributed by atoms with E-state index in [1.165, 1.54) is 27.8 Å². The molecular weight excluding hydrogens is 387 g/mol. The van der Waals surface area contributed by atoms with Crippen molar-refractivity contribution in [1.82, 2.24) is 4.31 Å². The number of sulfonamides is 1. The molecule has 0 atom stereocenters. The largest absolute Gasteiger partial charge is 0.367 e. The van der Waals surface area contributed by atoms with Gasteiger partial charge in [-0.3, -0.25) is 0 Å². The lowest BCUT2D eigenvalue weighted by Gasteiger charge is -2.35. The normalized spacial score (nSPS) is 17.0. The van der Waals surface area contributed by atoms with Gasteiger partial charge < -0.3 is 4.90 Å². The molecule has 0 N–H and O–H groups in total. The van der Waals surface area contributed by atoms with Crippen LogP contribution >= 0.6 is 11.3 Å². The smallest absolute Gasteiger partial charge is 0.252 e. The van der Waals surface area contributed by atoms with Gasteiger partial charge in [-0.05, 0) is 29.6 Å². The number of anilines is 1. The second kappa shape index (κ2) is 6.67. The minimum atomic E-state index is -3.51. The molecule has 0 aliphatic carbocycles. The monoisotopic (exact) mass is 404 g/mol. The highest BCUT2D eigenvalue weighted by Crippen LogP contribution is 2.26. The van der Waals surface area contributed by atoms with E-state index < -0.39 is 25.7 Å². The third-order valence-corrected chi connectivity index (χ3v) is 8.40. The van der Waals surface area contributed by atoms with Gasteiger partial charge in [-0.2, -0.15) is 4.31 Å². The molecule has 25 heavy (non-hydrogen) atoms. The molecule has 136 valence electrons. The maximum Gasteiger partial charge on any atom is 0.252 e. The molecule has 10 heteroatoms. The molecule has 1 aromatic carbocycles. The Kier molecular flexibility index (Phi) is 4.89. The minimum absolute atomic E-state index is 0.0762. The molecule has 1 aliphatic heterocycles. The summed E-state index contributed by atoms with van der Waals surface area (Å²) >= 11 is 1.17. The first-order chi connectivity index (χ1) is 11.7. The van der Waals surface area contributed by atoms with Gasteiger partial charge in [0.15, 0.2) is 9.84 Å². The number of thiophene rings is 1. The summed E-state index contributed by atoms with van der Waals surface area (Å²) in [6, 6.07) is 7.04. The molecule has 0 bridgehead atoms. The summed E-state index contributed by atoms with van der Waals surface area (Å²) in [5, 5.41) is 1.71. The van der Waals surface area contributed by atoms with Crippen LogP contribution in [0.3, 0.4) is 0 Å². The summed E-state index contributed by atoms with van der Waals surface area (Å²) in [6.45, 7) is 1.15. The van der Waals surface area contributed by atoms with Crippen molar-refractivity contribution in [2.24, 2.45) is 0 Å². The van der Waals surface area contributed by atoms with Gasteiger partial charge in [-0.25, -0.2) is 21.2 Å². The molecule has 0 unspecified atom stereocenters. The van der Waals surface area contributed by atoms with Crippen LogP contribution in [0.5, 0.6) is 0 Å². The van der Waals surface area contributed by atoms with Crippen LogP contribution in [0, 0.1) is 5.82 Å². The van der Waals surface area contributed by atoms with E-state index >= 15 is 0 Å². The molecule has 0 saturated carbocycles. The second-order valence-electron chi connectivity index (χ2n) is 5.71. The zero-order valence-corrected chi connectivity index (χ0v) is 15.9. The summed E-state index contributed by atoms with van der Waals surface area (Å²) < 4.78 is 63.9. The summed E-state index contributed by atoms with van der Waals surface area (Å²) in [5.74, 6) is -0.627. The molecular formula is C15H17FN2O4S3. The highest BCUT2D eigenvalue weighted by atomic mass is 32.2. The van der Waals surface area contributed by atoms with E-state index in [0.717, 1.165) is 12.3 Å². The van der Waals surface area contributed by atoms with Crippen LogP contribution in [0.25, 0.3) is 0 Å². The van der Waals surface area contributed by atoms with Crippen molar-refractivity contribution in [3.05, 3.63) is 41.5 Å². The SMILES string of the molecule is CS(=O)(=O)c1ccc(N2CCN(S(=O)(=O)c3cccs3)CC2)c(F)c1. The van der Waals surface area contributed by atoms with Gasteiger partial charge in [0.05, 0.1) is 10.6 Å². The second-order valence-corrected chi connectivity index (χ2v) is 10.8. The number of halogens is 1. The molecule has 1 fully saturated rings. The predicted octanol–water partition coefficient (Wildman–Crippen LogP) is 1.80. The maximum atomic E-state index is 14.3. The summed E-state index contributed by atoms with van der Waals surface area (Å²) in [6.07, 6.45) is 1.02. The van der Waals surface area contributed by atoms with Crippen LogP contribution in [-0.2, 0) is 19.9 Å². The summed E-state index contributed by atoms with van der Waals surface area (Å²) in [5.41, 5.74) is 0.278. The molecule has 6 nitrogen and oxygen atoms in total. The molecule has 0 spiro atoms. The molecule has 1 aromatic heterocycles. The van der Waals surface area contributed by atoms with Gasteiger partial charge in [-0.1, -0.05) is 6.07 Å². The number of hydrogen-bond acceptors (Lipinski definition) is 6. The van der Waals surface area contributed by atoms with E-state index in [9.17, 15) is 21.2 Å². The standard InChI is InChI=1S/C15H17FN2O4S3/c1-24(19,20)12-4-5-14(13(16)11-12)17-6-8-18(9-7-17)25(21,22)15-3-2-10-23-15/h2-5,10-11H,6-9H2,1H3. The van der Waals surface area contributed by atoms with Crippen LogP contribution < -0.4 is 4.90 Å². The van der Waals surface area contributed by atoms with Crippen LogP contribution in [0.4, 0.5) is 10.1 Å². The van der Waals surface area contributed by atoms with Gasteiger partial charge in [0.25, 0.3) is 10.0 Å². The zero-order valence-electron chi connectivity index (χ0n) is 13.4. The van der Waals surface area contributed by atoms with Gasteiger partial charge >= 0.3 is 0 Å². The number of nitrogens with zero attached hydrogens (tertiary/aromatic N) is 2.